The molecule has 1 amide bonds. The van der Waals surface area contributed by atoms with Crippen molar-refractivity contribution in [1.29, 1.82) is 0 Å². The van der Waals surface area contributed by atoms with Crippen LogP contribution in [0.2, 0.25) is 5.02 Å². The zero-order valence-corrected chi connectivity index (χ0v) is 15.5. The lowest BCUT2D eigenvalue weighted by molar-refractivity contribution is -0.274. The molecule has 3 rings (SSSR count). The SMILES string of the molecule is Cc1cccc(Cl)c1N1CC(Cc2ccc(OC(F)(F)F)cc2)CCC1=O. The first-order valence-electron chi connectivity index (χ1n) is 8.63. The van der Waals surface area contributed by atoms with E-state index in [1.165, 1.54) is 12.1 Å². The zero-order chi connectivity index (χ0) is 19.6. The minimum atomic E-state index is -4.70. The number of ether oxygens (including phenoxy) is 1. The predicted octanol–water partition coefficient (Wildman–Crippen LogP) is 5.53. The smallest absolute Gasteiger partial charge is 0.406 e. The Balaban J connectivity index is 1.70. The first-order valence-corrected chi connectivity index (χ1v) is 9.01. The minimum Gasteiger partial charge on any atom is -0.406 e. The van der Waals surface area contributed by atoms with Crippen LogP contribution in [0.5, 0.6) is 5.75 Å². The van der Waals surface area contributed by atoms with Crippen LogP contribution in [0.25, 0.3) is 0 Å². The molecular weight excluding hydrogens is 379 g/mol. The molecule has 1 fully saturated rings. The van der Waals surface area contributed by atoms with Gasteiger partial charge < -0.3 is 9.64 Å². The van der Waals surface area contributed by atoms with Crippen LogP contribution in [-0.2, 0) is 11.2 Å². The first kappa shape index (κ1) is 19.5. The normalized spacial score (nSPS) is 17.9. The summed E-state index contributed by atoms with van der Waals surface area (Å²) >= 11 is 6.31. The van der Waals surface area contributed by atoms with Crippen LogP contribution in [0.1, 0.15) is 24.0 Å². The molecule has 0 spiro atoms. The van der Waals surface area contributed by atoms with E-state index in [-0.39, 0.29) is 17.6 Å². The Kier molecular flexibility index (Phi) is 5.65. The molecule has 2 aromatic rings. The summed E-state index contributed by atoms with van der Waals surface area (Å²) in [5.41, 5.74) is 2.58. The van der Waals surface area contributed by atoms with E-state index in [0.29, 0.717) is 24.4 Å². The molecule has 0 aromatic heterocycles. The Morgan fingerprint density at radius 3 is 2.52 bits per heavy atom. The number of piperidine rings is 1. The summed E-state index contributed by atoms with van der Waals surface area (Å²) in [6.45, 7) is 2.45. The van der Waals surface area contributed by atoms with Gasteiger partial charge in [-0.05, 0) is 55.0 Å². The van der Waals surface area contributed by atoms with E-state index in [9.17, 15) is 18.0 Å². The maximum atomic E-state index is 12.4. The molecule has 144 valence electrons. The van der Waals surface area contributed by atoms with Gasteiger partial charge in [-0.15, -0.1) is 13.2 Å². The average molecular weight is 398 g/mol. The van der Waals surface area contributed by atoms with Gasteiger partial charge in [-0.25, -0.2) is 0 Å². The van der Waals surface area contributed by atoms with Gasteiger partial charge in [-0.2, -0.15) is 0 Å². The summed E-state index contributed by atoms with van der Waals surface area (Å²) in [7, 11) is 0. The number of para-hydroxylation sites is 1. The molecular formula is C20H19ClF3NO2. The van der Waals surface area contributed by atoms with Crippen LogP contribution in [0.15, 0.2) is 42.5 Å². The largest absolute Gasteiger partial charge is 0.573 e. The number of nitrogens with zero attached hydrogens (tertiary/aromatic N) is 1. The molecule has 0 bridgehead atoms. The maximum Gasteiger partial charge on any atom is 0.573 e. The lowest BCUT2D eigenvalue weighted by atomic mass is 9.90. The highest BCUT2D eigenvalue weighted by atomic mass is 35.5. The molecule has 0 radical (unpaired) electrons. The van der Waals surface area contributed by atoms with E-state index in [0.717, 1.165) is 23.2 Å². The van der Waals surface area contributed by atoms with Crippen molar-refractivity contribution in [2.75, 3.05) is 11.4 Å². The van der Waals surface area contributed by atoms with E-state index in [4.69, 9.17) is 11.6 Å². The van der Waals surface area contributed by atoms with Crippen LogP contribution >= 0.6 is 11.6 Å². The molecule has 3 nitrogen and oxygen atoms in total. The molecule has 1 atom stereocenters. The number of halogens is 4. The Hall–Kier alpha value is -2.21. The first-order chi connectivity index (χ1) is 12.7. The highest BCUT2D eigenvalue weighted by Crippen LogP contribution is 2.34. The molecule has 0 aliphatic carbocycles. The molecule has 1 unspecified atom stereocenters. The highest BCUT2D eigenvalue weighted by molar-refractivity contribution is 6.34. The highest BCUT2D eigenvalue weighted by Gasteiger charge is 2.31. The molecule has 1 aliphatic rings. The molecule has 1 saturated heterocycles. The quantitative estimate of drug-likeness (QED) is 0.678. The third-order valence-electron chi connectivity index (χ3n) is 4.65. The molecule has 2 aromatic carbocycles. The number of amides is 1. The minimum absolute atomic E-state index is 0.0383. The summed E-state index contributed by atoms with van der Waals surface area (Å²) in [5.74, 6) is 0.00234. The van der Waals surface area contributed by atoms with Gasteiger partial charge in [0, 0.05) is 13.0 Å². The van der Waals surface area contributed by atoms with Gasteiger partial charge in [-0.1, -0.05) is 35.9 Å². The molecule has 0 saturated carbocycles. The number of rotatable bonds is 4. The number of hydrogen-bond donors (Lipinski definition) is 0. The number of hydrogen-bond acceptors (Lipinski definition) is 2. The van der Waals surface area contributed by atoms with E-state index in [1.54, 1.807) is 23.1 Å². The van der Waals surface area contributed by atoms with Gasteiger partial charge in [0.1, 0.15) is 5.75 Å². The monoisotopic (exact) mass is 397 g/mol. The van der Waals surface area contributed by atoms with Gasteiger partial charge in [0.2, 0.25) is 5.91 Å². The summed E-state index contributed by atoms with van der Waals surface area (Å²) in [6, 6.07) is 11.4. The second-order valence-corrected chi connectivity index (χ2v) is 7.12. The van der Waals surface area contributed by atoms with Crippen molar-refractivity contribution in [3.8, 4) is 5.75 Å². The lowest BCUT2D eigenvalue weighted by Gasteiger charge is -2.34. The van der Waals surface area contributed by atoms with Crippen LogP contribution < -0.4 is 9.64 Å². The standard InChI is InChI=1S/C20H19ClF3NO2/c1-13-3-2-4-17(21)19(13)25-12-15(7-10-18(25)26)11-14-5-8-16(9-6-14)27-20(22,23)24/h2-6,8-9,15H,7,10-12H2,1H3. The van der Waals surface area contributed by atoms with Gasteiger partial charge in [0.15, 0.2) is 0 Å². The fourth-order valence-corrected chi connectivity index (χ4v) is 3.75. The van der Waals surface area contributed by atoms with Gasteiger partial charge in [0.05, 0.1) is 10.7 Å². The van der Waals surface area contributed by atoms with Crippen LogP contribution in [-0.4, -0.2) is 18.8 Å². The number of benzene rings is 2. The van der Waals surface area contributed by atoms with E-state index in [2.05, 4.69) is 4.74 Å². The van der Waals surface area contributed by atoms with E-state index in [1.807, 2.05) is 19.1 Å². The predicted molar refractivity (Wildman–Crippen MR) is 98.1 cm³/mol. The Bertz CT molecular complexity index is 801. The Morgan fingerprint density at radius 1 is 1.19 bits per heavy atom. The Labute approximate surface area is 160 Å². The summed E-state index contributed by atoms with van der Waals surface area (Å²) in [6.07, 6.45) is -2.87. The zero-order valence-electron chi connectivity index (χ0n) is 14.7. The van der Waals surface area contributed by atoms with E-state index >= 15 is 0 Å². The van der Waals surface area contributed by atoms with Crippen molar-refractivity contribution in [3.63, 3.8) is 0 Å². The molecule has 1 heterocycles. The topological polar surface area (TPSA) is 29.5 Å². The van der Waals surface area contributed by atoms with Crippen molar-refractivity contribution in [2.24, 2.45) is 5.92 Å². The lowest BCUT2D eigenvalue weighted by Crippen LogP contribution is -2.41. The number of aryl methyl sites for hydroxylation is 1. The van der Waals surface area contributed by atoms with Gasteiger partial charge >= 0.3 is 6.36 Å². The number of carbonyl (C=O) groups is 1. The summed E-state index contributed by atoms with van der Waals surface area (Å²) in [5, 5.41) is 0.539. The fourth-order valence-electron chi connectivity index (χ4n) is 3.42. The molecule has 0 N–H and O–H groups in total. The van der Waals surface area contributed by atoms with Crippen molar-refractivity contribution in [1.82, 2.24) is 0 Å². The molecule has 27 heavy (non-hydrogen) atoms. The second kappa shape index (κ2) is 7.80. The van der Waals surface area contributed by atoms with Crippen LogP contribution in [0.3, 0.4) is 0 Å². The average Bonchev–Trinajstić information content (AvgIpc) is 2.58. The fraction of sp³-hybridized carbons (Fsp3) is 0.350. The molecule has 7 heteroatoms. The number of anilines is 1. The van der Waals surface area contributed by atoms with Crippen molar-refractivity contribution in [2.45, 2.75) is 32.5 Å². The van der Waals surface area contributed by atoms with Crippen molar-refractivity contribution >= 4 is 23.2 Å². The molecule has 1 aliphatic heterocycles. The van der Waals surface area contributed by atoms with Gasteiger partial charge in [-0.3, -0.25) is 4.79 Å². The second-order valence-electron chi connectivity index (χ2n) is 6.71. The van der Waals surface area contributed by atoms with Crippen LogP contribution in [0.4, 0.5) is 18.9 Å². The number of carbonyl (C=O) groups excluding carboxylic acids is 1. The summed E-state index contributed by atoms with van der Waals surface area (Å²) < 4.78 is 40.6. The van der Waals surface area contributed by atoms with Crippen LogP contribution in [0, 0.1) is 12.8 Å². The van der Waals surface area contributed by atoms with Gasteiger partial charge in [0.25, 0.3) is 0 Å². The van der Waals surface area contributed by atoms with E-state index < -0.39 is 6.36 Å². The maximum absolute atomic E-state index is 12.4. The van der Waals surface area contributed by atoms with Crippen molar-refractivity contribution in [3.05, 3.63) is 58.6 Å². The Morgan fingerprint density at radius 2 is 1.89 bits per heavy atom. The third kappa shape index (κ3) is 4.95. The third-order valence-corrected chi connectivity index (χ3v) is 4.95. The summed E-state index contributed by atoms with van der Waals surface area (Å²) in [4.78, 5) is 14.1. The van der Waals surface area contributed by atoms with Crippen molar-refractivity contribution < 1.29 is 22.7 Å². The number of alkyl halides is 3.